The largest absolute Gasteiger partial charge is 0.463 e. The highest BCUT2D eigenvalue weighted by atomic mass is 32.2. The Morgan fingerprint density at radius 1 is 1.19 bits per heavy atom. The van der Waals surface area contributed by atoms with Crippen LogP contribution in [0, 0.1) is 5.92 Å². The van der Waals surface area contributed by atoms with Crippen molar-refractivity contribution in [3.05, 3.63) is 61.2 Å². The molecule has 2 amide bonds. The molecule has 2 N–H and O–H groups in total. The topological polar surface area (TPSA) is 95.9 Å². The van der Waals surface area contributed by atoms with Crippen LogP contribution in [0.3, 0.4) is 0 Å². The van der Waals surface area contributed by atoms with E-state index < -0.39 is 5.92 Å². The molecule has 0 radical (unpaired) electrons. The van der Waals surface area contributed by atoms with Crippen molar-refractivity contribution in [1.29, 1.82) is 0 Å². The Morgan fingerprint density at radius 3 is 2.68 bits per heavy atom. The van der Waals surface area contributed by atoms with Crippen molar-refractivity contribution in [3.8, 4) is 0 Å². The molecule has 1 fully saturated rings. The summed E-state index contributed by atoms with van der Waals surface area (Å²) in [7, 11) is 0. The highest BCUT2D eigenvalue weighted by Crippen LogP contribution is 2.21. The van der Waals surface area contributed by atoms with E-state index in [1.54, 1.807) is 22.7 Å². The average Bonchev–Trinajstić information content (AvgIpc) is 3.39. The van der Waals surface area contributed by atoms with Crippen molar-refractivity contribution in [3.63, 3.8) is 0 Å². The first-order valence-electron chi connectivity index (χ1n) is 13.2. The third-order valence-electron chi connectivity index (χ3n) is 6.41. The quantitative estimate of drug-likeness (QED) is 0.167. The van der Waals surface area contributed by atoms with Crippen molar-refractivity contribution in [2.45, 2.75) is 69.2 Å². The number of carbonyl (C=O) groups excluding carboxylic acids is 3. The maximum atomic E-state index is 13.2. The molecular formula is C29H42N2O5S. The first-order chi connectivity index (χ1) is 18.0. The number of likely N-dealkylation sites (tertiary alicyclic amines) is 1. The number of unbranched alkanes of at least 4 members (excludes halogenated alkanes) is 2. The zero-order valence-corrected chi connectivity index (χ0v) is 22.6. The average molecular weight is 531 g/mol. The number of benzene rings is 1. The number of amides is 2. The number of aliphatic hydroxyl groups excluding tert-OH is 1. The van der Waals surface area contributed by atoms with Gasteiger partial charge in [0.15, 0.2) is 0 Å². The van der Waals surface area contributed by atoms with Gasteiger partial charge in [0.25, 0.3) is 0 Å². The second-order valence-electron chi connectivity index (χ2n) is 9.41. The van der Waals surface area contributed by atoms with Crippen LogP contribution in [0.1, 0.15) is 56.9 Å². The minimum atomic E-state index is -0.568. The summed E-state index contributed by atoms with van der Waals surface area (Å²) in [5.74, 6) is 0.117. The standard InChI is InChI=1S/C29H42N2O5S/c1-3-5-6-10-16-28(34)36-20-25(22-37-21-23-13-8-7-9-14-23)30-29(35)24(12-4-2)18-27(33)31-17-11-15-26(31)19-32/h3-4,7-9,13-14,24-26,32H,1-2,5-6,10-12,15-22H2,(H,30,35). The zero-order chi connectivity index (χ0) is 26.9. The predicted octanol–water partition coefficient (Wildman–Crippen LogP) is 4.26. The number of nitrogens with one attached hydrogen (secondary N) is 1. The molecule has 0 aliphatic carbocycles. The van der Waals surface area contributed by atoms with Crippen LogP contribution in [0.15, 0.2) is 55.6 Å². The van der Waals surface area contributed by atoms with E-state index in [1.807, 2.05) is 36.4 Å². The fraction of sp³-hybridized carbons (Fsp3) is 0.552. The predicted molar refractivity (Wildman–Crippen MR) is 149 cm³/mol. The molecule has 0 aromatic heterocycles. The number of aliphatic hydroxyl groups is 1. The summed E-state index contributed by atoms with van der Waals surface area (Å²) in [5, 5.41) is 12.6. The molecule has 3 atom stereocenters. The molecule has 8 heteroatoms. The van der Waals surface area contributed by atoms with Crippen molar-refractivity contribution in [2.24, 2.45) is 5.92 Å². The summed E-state index contributed by atoms with van der Waals surface area (Å²) < 4.78 is 5.50. The molecule has 1 aliphatic heterocycles. The lowest BCUT2D eigenvalue weighted by Gasteiger charge is -2.26. The number of carbonyl (C=O) groups is 3. The summed E-state index contributed by atoms with van der Waals surface area (Å²) in [5.41, 5.74) is 1.18. The Kier molecular flexibility index (Phi) is 14.7. The van der Waals surface area contributed by atoms with Gasteiger partial charge in [0, 0.05) is 30.9 Å². The summed E-state index contributed by atoms with van der Waals surface area (Å²) in [4.78, 5) is 40.0. The highest BCUT2D eigenvalue weighted by molar-refractivity contribution is 7.98. The molecule has 0 saturated carbocycles. The van der Waals surface area contributed by atoms with Crippen molar-refractivity contribution in [2.75, 3.05) is 25.5 Å². The number of hydrogen-bond acceptors (Lipinski definition) is 6. The minimum Gasteiger partial charge on any atom is -0.463 e. The number of allylic oxidation sites excluding steroid dienone is 2. The molecule has 37 heavy (non-hydrogen) atoms. The van der Waals surface area contributed by atoms with Gasteiger partial charge in [-0.3, -0.25) is 14.4 Å². The first kappa shape index (κ1) is 30.6. The van der Waals surface area contributed by atoms with E-state index in [-0.39, 0.29) is 49.5 Å². The lowest BCUT2D eigenvalue weighted by Crippen LogP contribution is -2.45. The molecule has 2 rings (SSSR count). The minimum absolute atomic E-state index is 0.0569. The SMILES string of the molecule is C=CCCCCC(=O)OCC(CSCc1ccccc1)NC(=O)C(CC=C)CC(=O)N1CCCC1CO. The van der Waals surface area contributed by atoms with Gasteiger partial charge in [0.05, 0.1) is 24.6 Å². The Labute approximate surface area is 225 Å². The molecule has 3 unspecified atom stereocenters. The molecule has 0 bridgehead atoms. The lowest BCUT2D eigenvalue weighted by atomic mass is 9.98. The molecule has 1 aromatic carbocycles. The van der Waals surface area contributed by atoms with Gasteiger partial charge in [0.1, 0.15) is 6.61 Å². The van der Waals surface area contributed by atoms with Crippen LogP contribution in [0.2, 0.25) is 0 Å². The van der Waals surface area contributed by atoms with E-state index in [0.717, 1.165) is 37.9 Å². The van der Waals surface area contributed by atoms with Gasteiger partial charge in [-0.1, -0.05) is 42.5 Å². The summed E-state index contributed by atoms with van der Waals surface area (Å²) in [6.07, 6.45) is 8.35. The van der Waals surface area contributed by atoms with Gasteiger partial charge in [0.2, 0.25) is 11.8 Å². The number of esters is 1. The third kappa shape index (κ3) is 11.6. The fourth-order valence-corrected chi connectivity index (χ4v) is 5.34. The fourth-order valence-electron chi connectivity index (χ4n) is 4.33. The number of rotatable bonds is 18. The van der Waals surface area contributed by atoms with Crippen LogP contribution in [0.4, 0.5) is 0 Å². The summed E-state index contributed by atoms with van der Waals surface area (Å²) >= 11 is 1.66. The smallest absolute Gasteiger partial charge is 0.305 e. The molecule has 1 aromatic rings. The number of ether oxygens (including phenoxy) is 1. The van der Waals surface area contributed by atoms with E-state index >= 15 is 0 Å². The Balaban J connectivity index is 1.96. The zero-order valence-electron chi connectivity index (χ0n) is 21.8. The summed E-state index contributed by atoms with van der Waals surface area (Å²) in [6, 6.07) is 9.49. The summed E-state index contributed by atoms with van der Waals surface area (Å²) in [6.45, 7) is 8.07. The van der Waals surface area contributed by atoms with E-state index in [0.29, 0.717) is 25.1 Å². The molecule has 204 valence electrons. The van der Waals surface area contributed by atoms with E-state index in [4.69, 9.17) is 4.74 Å². The number of hydrogen-bond donors (Lipinski definition) is 2. The molecule has 0 spiro atoms. The monoisotopic (exact) mass is 530 g/mol. The molecule has 7 nitrogen and oxygen atoms in total. The van der Waals surface area contributed by atoms with Crippen LogP contribution in [-0.2, 0) is 24.9 Å². The number of thioether (sulfide) groups is 1. The van der Waals surface area contributed by atoms with Crippen LogP contribution in [0.5, 0.6) is 0 Å². The van der Waals surface area contributed by atoms with Crippen LogP contribution in [-0.4, -0.2) is 65.4 Å². The molecular weight excluding hydrogens is 488 g/mol. The third-order valence-corrected chi connectivity index (χ3v) is 7.59. The van der Waals surface area contributed by atoms with E-state index in [9.17, 15) is 19.5 Å². The van der Waals surface area contributed by atoms with Crippen LogP contribution < -0.4 is 5.32 Å². The Hall–Kier alpha value is -2.58. The highest BCUT2D eigenvalue weighted by Gasteiger charge is 2.31. The normalized spacial score (nSPS) is 16.6. The van der Waals surface area contributed by atoms with Crippen LogP contribution in [0.25, 0.3) is 0 Å². The Morgan fingerprint density at radius 2 is 1.97 bits per heavy atom. The Bertz CT molecular complexity index is 863. The van der Waals surface area contributed by atoms with Gasteiger partial charge in [-0.15, -0.1) is 13.2 Å². The molecule has 1 saturated heterocycles. The van der Waals surface area contributed by atoms with Gasteiger partial charge < -0.3 is 20.1 Å². The van der Waals surface area contributed by atoms with Gasteiger partial charge in [-0.05, 0) is 44.1 Å². The van der Waals surface area contributed by atoms with E-state index in [2.05, 4.69) is 18.5 Å². The number of nitrogens with zero attached hydrogens (tertiary/aromatic N) is 1. The second-order valence-corrected chi connectivity index (χ2v) is 10.4. The second kappa shape index (κ2) is 17.8. The van der Waals surface area contributed by atoms with Crippen molar-refractivity contribution in [1.82, 2.24) is 10.2 Å². The van der Waals surface area contributed by atoms with Gasteiger partial charge in [-0.25, -0.2) is 0 Å². The van der Waals surface area contributed by atoms with E-state index in [1.165, 1.54) is 5.56 Å². The van der Waals surface area contributed by atoms with Crippen LogP contribution >= 0.6 is 11.8 Å². The first-order valence-corrected chi connectivity index (χ1v) is 14.3. The van der Waals surface area contributed by atoms with Crippen molar-refractivity contribution < 1.29 is 24.2 Å². The maximum Gasteiger partial charge on any atom is 0.305 e. The molecule has 1 heterocycles. The maximum absolute atomic E-state index is 13.2. The van der Waals surface area contributed by atoms with Crippen molar-refractivity contribution >= 4 is 29.5 Å². The van der Waals surface area contributed by atoms with Gasteiger partial charge in [-0.2, -0.15) is 11.8 Å². The lowest BCUT2D eigenvalue weighted by molar-refractivity contribution is -0.145. The van der Waals surface area contributed by atoms with Gasteiger partial charge >= 0.3 is 5.97 Å². The molecule has 1 aliphatic rings.